The van der Waals surface area contributed by atoms with Crippen molar-refractivity contribution in [3.05, 3.63) is 42.9 Å². The number of nitrogens with zero attached hydrogens (tertiary/aromatic N) is 4. The molecule has 3 aliphatic rings. The molecule has 1 aromatic heterocycles. The van der Waals surface area contributed by atoms with Crippen molar-refractivity contribution in [3.63, 3.8) is 0 Å². The average Bonchev–Trinajstić information content (AvgIpc) is 3.48. The van der Waals surface area contributed by atoms with Crippen LogP contribution < -0.4 is 9.47 Å². The lowest BCUT2D eigenvalue weighted by Crippen LogP contribution is -2.15. The number of rotatable bonds is 2. The van der Waals surface area contributed by atoms with Gasteiger partial charge in [-0.3, -0.25) is 0 Å². The first kappa shape index (κ1) is 19.2. The zero-order valence-electron chi connectivity index (χ0n) is 14.8. The van der Waals surface area contributed by atoms with Crippen LogP contribution in [0, 0.1) is 45.3 Å². The lowest BCUT2D eigenvalue weighted by Gasteiger charge is -2.17. The molecule has 4 rings (SSSR count). The normalized spacial score (nSPS) is 16.8. The van der Waals surface area contributed by atoms with E-state index in [0.717, 1.165) is 29.4 Å². The second kappa shape index (κ2) is 8.11. The first-order valence-corrected chi connectivity index (χ1v) is 10.9. The highest BCUT2D eigenvalue weighted by Crippen LogP contribution is 2.58. The highest BCUT2D eigenvalue weighted by atomic mass is 32.2. The van der Waals surface area contributed by atoms with Crippen LogP contribution in [-0.4, -0.2) is 13.2 Å². The molecule has 1 aromatic rings. The van der Waals surface area contributed by atoms with Crippen LogP contribution in [-0.2, 0) is 0 Å². The third-order valence-electron chi connectivity index (χ3n) is 4.26. The summed E-state index contributed by atoms with van der Waals surface area (Å²) in [6.45, 7) is 0.894. The molecule has 29 heavy (non-hydrogen) atoms. The Morgan fingerprint density at radius 1 is 0.724 bits per heavy atom. The molecule has 140 valence electrons. The van der Waals surface area contributed by atoms with E-state index in [1.165, 1.54) is 34.9 Å². The van der Waals surface area contributed by atoms with E-state index in [4.69, 9.17) is 30.5 Å². The van der Waals surface area contributed by atoms with Crippen molar-refractivity contribution >= 4 is 44.7 Å². The van der Waals surface area contributed by atoms with E-state index in [2.05, 4.69) is 0 Å². The number of ether oxygens (including phenoxy) is 2. The first-order chi connectivity index (χ1) is 14.2. The van der Waals surface area contributed by atoms with E-state index >= 15 is 0 Å². The van der Waals surface area contributed by atoms with E-state index in [9.17, 15) is 0 Å². The molecule has 0 aromatic carbocycles. The molecule has 0 unspecified atom stereocenters. The van der Waals surface area contributed by atoms with Crippen molar-refractivity contribution < 1.29 is 9.47 Å². The van der Waals surface area contributed by atoms with Crippen molar-refractivity contribution in [2.24, 2.45) is 0 Å². The van der Waals surface area contributed by atoms with Gasteiger partial charge < -0.3 is 9.47 Å². The van der Waals surface area contributed by atoms with Gasteiger partial charge in [0.25, 0.3) is 0 Å². The van der Waals surface area contributed by atoms with Crippen LogP contribution in [0.15, 0.2) is 33.1 Å². The number of hydrogen-bond donors (Lipinski definition) is 0. The number of hydrogen-bond acceptors (Lipinski definition) is 9. The predicted octanol–water partition coefficient (Wildman–Crippen LogP) is 5.08. The zero-order valence-corrected chi connectivity index (χ0v) is 17.3. The zero-order chi connectivity index (χ0) is 20.4. The molecule has 4 heterocycles. The minimum atomic E-state index is 0.133. The predicted molar refractivity (Wildman–Crippen MR) is 112 cm³/mol. The summed E-state index contributed by atoms with van der Waals surface area (Å²) in [7, 11) is 0. The van der Waals surface area contributed by atoms with Crippen molar-refractivity contribution in [2.75, 3.05) is 13.2 Å². The molecule has 6 nitrogen and oxygen atoms in total. The minimum Gasteiger partial charge on any atom is -0.485 e. The number of thioether (sulfide) groups is 2. The molecule has 0 fully saturated rings. The van der Waals surface area contributed by atoms with Crippen LogP contribution in [0.2, 0.25) is 0 Å². The van der Waals surface area contributed by atoms with Gasteiger partial charge in [-0.15, -0.1) is 11.3 Å². The van der Waals surface area contributed by atoms with E-state index in [1.54, 1.807) is 0 Å². The van der Waals surface area contributed by atoms with Gasteiger partial charge in [-0.05, 0) is 0 Å². The molecule has 0 aliphatic carbocycles. The Morgan fingerprint density at radius 2 is 1.14 bits per heavy atom. The molecule has 3 aliphatic heterocycles. The minimum absolute atomic E-state index is 0.133. The van der Waals surface area contributed by atoms with Gasteiger partial charge in [0.1, 0.15) is 48.6 Å². The Bertz CT molecular complexity index is 1080. The summed E-state index contributed by atoms with van der Waals surface area (Å²) >= 11 is 4.35. The van der Waals surface area contributed by atoms with Gasteiger partial charge in [0.15, 0.2) is 11.5 Å². The molecule has 0 saturated carbocycles. The van der Waals surface area contributed by atoms with Crippen LogP contribution >= 0.6 is 34.9 Å². The number of thiophene rings is 1. The highest BCUT2D eigenvalue weighted by Gasteiger charge is 2.32. The monoisotopic (exact) mass is 434 g/mol. The van der Waals surface area contributed by atoms with E-state index in [0.29, 0.717) is 37.6 Å². The second-order valence-electron chi connectivity index (χ2n) is 5.91. The summed E-state index contributed by atoms with van der Waals surface area (Å²) in [5.74, 6) is 1.35. The third-order valence-corrected chi connectivity index (χ3v) is 8.16. The van der Waals surface area contributed by atoms with Crippen molar-refractivity contribution in [3.8, 4) is 35.8 Å². The van der Waals surface area contributed by atoms with E-state index in [-0.39, 0.29) is 11.1 Å². The third kappa shape index (κ3) is 3.41. The van der Waals surface area contributed by atoms with Gasteiger partial charge in [0, 0.05) is 32.5 Å². The molecule has 9 heteroatoms. The summed E-state index contributed by atoms with van der Waals surface area (Å²) < 4.78 is 11.8. The maximum absolute atomic E-state index is 9.12. The number of allylic oxidation sites excluding steroid dienone is 6. The van der Waals surface area contributed by atoms with Gasteiger partial charge in [-0.2, -0.15) is 21.0 Å². The van der Waals surface area contributed by atoms with E-state index < -0.39 is 0 Å². The quantitative estimate of drug-likeness (QED) is 0.592. The Labute approximate surface area is 179 Å². The van der Waals surface area contributed by atoms with Crippen LogP contribution in [0.4, 0.5) is 0 Å². The maximum atomic E-state index is 9.12. The van der Waals surface area contributed by atoms with Crippen molar-refractivity contribution in [1.82, 2.24) is 0 Å². The van der Waals surface area contributed by atoms with Crippen LogP contribution in [0.3, 0.4) is 0 Å². The summed E-state index contributed by atoms with van der Waals surface area (Å²) in [6, 6.07) is 7.78. The number of fused-ring (bicyclic) bond motifs is 1. The molecule has 0 N–H and O–H groups in total. The molecule has 0 atom stereocenters. The molecule has 0 bridgehead atoms. The summed E-state index contributed by atoms with van der Waals surface area (Å²) in [5, 5.41) is 36.5. The molecule has 0 radical (unpaired) electrons. The van der Waals surface area contributed by atoms with Gasteiger partial charge in [0.05, 0.1) is 9.75 Å². The lowest BCUT2D eigenvalue weighted by molar-refractivity contribution is 0.173. The van der Waals surface area contributed by atoms with Crippen LogP contribution in [0.1, 0.15) is 22.6 Å². The maximum Gasteiger partial charge on any atom is 0.181 e. The standard InChI is InChI=1S/C20H10N4O2S3/c21-7-11(8-22)13-1-3-15(27-13)19-17-18(26-6-5-25-17)20(29-19)16-4-2-14(28-16)12(9-23)10-24/h3-4H,1-2,5-6H2. The van der Waals surface area contributed by atoms with Crippen LogP contribution in [0.5, 0.6) is 11.5 Å². The smallest absolute Gasteiger partial charge is 0.181 e. The molecular formula is C20H10N4O2S3. The Kier molecular flexibility index (Phi) is 5.38. The van der Waals surface area contributed by atoms with Gasteiger partial charge in [-0.1, -0.05) is 35.7 Å². The molecule has 0 spiro atoms. The van der Waals surface area contributed by atoms with Gasteiger partial charge >= 0.3 is 0 Å². The highest BCUT2D eigenvalue weighted by molar-refractivity contribution is 8.12. The SMILES string of the molecule is N#CC(C#N)=C1CC=C(c2sc(C3=CCC(=C(C#N)C#N)S3)c3c2OCCO3)S1. The Balaban J connectivity index is 1.71. The number of nitriles is 4. The lowest BCUT2D eigenvalue weighted by atomic mass is 10.2. The Hall–Kier alpha value is -3.08. The fourth-order valence-electron chi connectivity index (χ4n) is 2.96. The largest absolute Gasteiger partial charge is 0.485 e. The van der Waals surface area contributed by atoms with Crippen molar-refractivity contribution in [2.45, 2.75) is 12.8 Å². The molecule has 0 saturated heterocycles. The van der Waals surface area contributed by atoms with E-state index in [1.807, 2.05) is 36.4 Å². The Morgan fingerprint density at radius 3 is 1.52 bits per heavy atom. The summed E-state index contributed by atoms with van der Waals surface area (Å²) in [5.41, 5.74) is 0.266. The summed E-state index contributed by atoms with van der Waals surface area (Å²) in [6.07, 6.45) is 5.07. The summed E-state index contributed by atoms with van der Waals surface area (Å²) in [4.78, 5) is 5.16. The first-order valence-electron chi connectivity index (χ1n) is 8.46. The van der Waals surface area contributed by atoms with Crippen LogP contribution in [0.25, 0.3) is 9.81 Å². The van der Waals surface area contributed by atoms with Gasteiger partial charge in [0.2, 0.25) is 0 Å². The fourth-order valence-corrected chi connectivity index (χ4v) is 6.48. The topological polar surface area (TPSA) is 114 Å². The molecule has 0 amide bonds. The second-order valence-corrected chi connectivity index (χ2v) is 9.20. The van der Waals surface area contributed by atoms with Gasteiger partial charge in [-0.25, -0.2) is 0 Å². The molecular weight excluding hydrogens is 424 g/mol. The fraction of sp³-hybridized carbons (Fsp3) is 0.200. The van der Waals surface area contributed by atoms with Crippen molar-refractivity contribution in [1.29, 1.82) is 21.0 Å². The average molecular weight is 435 g/mol.